The molecule has 0 rings (SSSR count). The van der Waals surface area contributed by atoms with E-state index in [-0.39, 0.29) is 18.1 Å². The monoisotopic (exact) mass is 446 g/mol. The number of sulfonamides is 1. The molecule has 0 unspecified atom stereocenters. The van der Waals surface area contributed by atoms with E-state index in [1.54, 1.807) is 7.05 Å². The van der Waals surface area contributed by atoms with Crippen molar-refractivity contribution in [3.05, 3.63) is 0 Å². The maximum Gasteiger partial charge on any atom is 0.234 e. The largest absolute Gasteiger partial charge is 0.359 e. The molecular weight excluding hydrogens is 400 g/mol. The molecule has 0 aromatic heterocycles. The first-order chi connectivity index (χ1) is 14.4. The van der Waals surface area contributed by atoms with Crippen molar-refractivity contribution >= 4 is 21.8 Å². The van der Waals surface area contributed by atoms with Gasteiger partial charge in [0.25, 0.3) is 0 Å². The fraction of sp³-hybridized carbons (Fsp3) is 0.913. The van der Waals surface area contributed by atoms with Gasteiger partial charge in [0, 0.05) is 19.9 Å². The van der Waals surface area contributed by atoms with E-state index in [0.29, 0.717) is 25.7 Å². The van der Waals surface area contributed by atoms with Crippen molar-refractivity contribution in [2.24, 2.45) is 0 Å². The number of unbranched alkanes of at least 4 members (excludes halogenated alkanes) is 14. The number of carbonyl (C=O) groups is 2. The Morgan fingerprint density at radius 3 is 1.47 bits per heavy atom. The molecule has 30 heavy (non-hydrogen) atoms. The molecule has 178 valence electrons. The molecule has 0 fully saturated rings. The van der Waals surface area contributed by atoms with Gasteiger partial charge in [-0.2, -0.15) is 0 Å². The highest BCUT2D eigenvalue weighted by molar-refractivity contribution is 7.90. The zero-order chi connectivity index (χ0) is 22.5. The Morgan fingerprint density at radius 1 is 0.600 bits per heavy atom. The third-order valence-corrected chi connectivity index (χ3v) is 6.74. The smallest absolute Gasteiger partial charge is 0.234 e. The van der Waals surface area contributed by atoms with Crippen molar-refractivity contribution < 1.29 is 18.0 Å². The molecule has 7 heteroatoms. The Morgan fingerprint density at radius 2 is 1.00 bits per heavy atom. The second-order valence-corrected chi connectivity index (χ2v) is 10.2. The lowest BCUT2D eigenvalue weighted by molar-refractivity contribution is -0.121. The van der Waals surface area contributed by atoms with Gasteiger partial charge < -0.3 is 5.32 Å². The van der Waals surface area contributed by atoms with Crippen molar-refractivity contribution in [2.45, 2.75) is 122 Å². The van der Waals surface area contributed by atoms with Crippen molar-refractivity contribution in [3.8, 4) is 0 Å². The van der Waals surface area contributed by atoms with Crippen LogP contribution in [0.4, 0.5) is 0 Å². The fourth-order valence-corrected chi connectivity index (χ4v) is 4.59. The highest BCUT2D eigenvalue weighted by Crippen LogP contribution is 2.13. The van der Waals surface area contributed by atoms with E-state index in [2.05, 4.69) is 17.0 Å². The molecule has 0 radical (unpaired) electrons. The van der Waals surface area contributed by atoms with E-state index in [1.165, 1.54) is 64.2 Å². The van der Waals surface area contributed by atoms with E-state index >= 15 is 0 Å². The van der Waals surface area contributed by atoms with Gasteiger partial charge in [-0.25, -0.2) is 8.42 Å². The van der Waals surface area contributed by atoms with E-state index in [1.807, 2.05) is 0 Å². The van der Waals surface area contributed by atoms with Crippen LogP contribution in [0, 0.1) is 0 Å². The van der Waals surface area contributed by atoms with Crippen LogP contribution in [-0.2, 0) is 19.6 Å². The molecule has 0 heterocycles. The summed E-state index contributed by atoms with van der Waals surface area (Å²) < 4.78 is 26.0. The SMILES string of the molecule is CCCCCCCCCCCCCCCC(=O)NS(=O)(=O)CCCCCC(=O)NC. The second kappa shape index (κ2) is 19.8. The Kier molecular flexibility index (Phi) is 19.1. The molecule has 0 atom stereocenters. The van der Waals surface area contributed by atoms with Crippen LogP contribution in [0.2, 0.25) is 0 Å². The van der Waals surface area contributed by atoms with Gasteiger partial charge in [0.1, 0.15) is 0 Å². The average molecular weight is 447 g/mol. The summed E-state index contributed by atoms with van der Waals surface area (Å²) in [6.45, 7) is 2.25. The Labute approximate surface area is 185 Å². The highest BCUT2D eigenvalue weighted by atomic mass is 32.2. The number of carbonyl (C=O) groups excluding carboxylic acids is 2. The van der Waals surface area contributed by atoms with Crippen LogP contribution in [-0.4, -0.2) is 33.0 Å². The number of amides is 2. The Balaban J connectivity index is 3.51. The van der Waals surface area contributed by atoms with Crippen molar-refractivity contribution in [3.63, 3.8) is 0 Å². The number of hydrogen-bond acceptors (Lipinski definition) is 4. The molecule has 2 amide bonds. The molecule has 0 aromatic rings. The van der Waals surface area contributed by atoms with Gasteiger partial charge in [0.15, 0.2) is 0 Å². The van der Waals surface area contributed by atoms with Gasteiger partial charge in [0.2, 0.25) is 21.8 Å². The quantitative estimate of drug-likeness (QED) is 0.236. The second-order valence-electron chi connectivity index (χ2n) is 8.32. The lowest BCUT2D eigenvalue weighted by Crippen LogP contribution is -2.32. The van der Waals surface area contributed by atoms with Crippen molar-refractivity contribution in [2.75, 3.05) is 12.8 Å². The Bertz CT molecular complexity index is 535. The lowest BCUT2D eigenvalue weighted by Gasteiger charge is -2.07. The Hall–Kier alpha value is -1.11. The summed E-state index contributed by atoms with van der Waals surface area (Å²) in [7, 11) is -1.97. The van der Waals surface area contributed by atoms with Gasteiger partial charge in [-0.3, -0.25) is 14.3 Å². The van der Waals surface area contributed by atoms with E-state index in [0.717, 1.165) is 19.3 Å². The number of rotatable bonds is 21. The van der Waals surface area contributed by atoms with Crippen LogP contribution in [0.25, 0.3) is 0 Å². The molecule has 6 nitrogen and oxygen atoms in total. The van der Waals surface area contributed by atoms with Crippen molar-refractivity contribution in [1.82, 2.24) is 10.0 Å². The summed E-state index contributed by atoms with van der Waals surface area (Å²) in [6, 6.07) is 0. The third-order valence-electron chi connectivity index (χ3n) is 5.37. The summed E-state index contributed by atoms with van der Waals surface area (Å²) in [5.74, 6) is -0.502. The third kappa shape index (κ3) is 20.2. The van der Waals surface area contributed by atoms with Crippen molar-refractivity contribution in [1.29, 1.82) is 0 Å². The van der Waals surface area contributed by atoms with Gasteiger partial charge >= 0.3 is 0 Å². The molecule has 2 N–H and O–H groups in total. The average Bonchev–Trinajstić information content (AvgIpc) is 2.70. The summed E-state index contributed by atoms with van der Waals surface area (Å²) >= 11 is 0. The fourth-order valence-electron chi connectivity index (χ4n) is 3.46. The lowest BCUT2D eigenvalue weighted by atomic mass is 10.0. The first kappa shape index (κ1) is 28.9. The molecule has 0 aromatic carbocycles. The first-order valence-corrected chi connectivity index (χ1v) is 13.8. The first-order valence-electron chi connectivity index (χ1n) is 12.1. The van der Waals surface area contributed by atoms with Crippen LogP contribution in [0.3, 0.4) is 0 Å². The molecule has 0 spiro atoms. The van der Waals surface area contributed by atoms with Crippen LogP contribution in [0.5, 0.6) is 0 Å². The minimum absolute atomic E-state index is 0.0380. The molecule has 0 saturated heterocycles. The minimum atomic E-state index is -3.56. The molecule has 0 saturated carbocycles. The van der Waals surface area contributed by atoms with E-state index in [4.69, 9.17) is 0 Å². The van der Waals surface area contributed by atoms with E-state index in [9.17, 15) is 18.0 Å². The van der Waals surface area contributed by atoms with Crippen LogP contribution < -0.4 is 10.0 Å². The van der Waals surface area contributed by atoms with Gasteiger partial charge in [-0.15, -0.1) is 0 Å². The minimum Gasteiger partial charge on any atom is -0.359 e. The molecular formula is C23H46N2O4S. The zero-order valence-electron chi connectivity index (χ0n) is 19.5. The standard InChI is InChI=1S/C23H46N2O4S/c1-3-4-5-6-7-8-9-10-11-12-13-14-16-20-23(27)25-30(28,29)21-18-15-17-19-22(26)24-2/h3-21H2,1-2H3,(H,24,26)(H,25,27). The predicted molar refractivity (Wildman–Crippen MR) is 125 cm³/mol. The predicted octanol–water partition coefficient (Wildman–Crippen LogP) is 5.22. The van der Waals surface area contributed by atoms with Crippen LogP contribution in [0.1, 0.15) is 122 Å². The maximum atomic E-state index is 11.9. The molecule has 0 aliphatic carbocycles. The summed E-state index contributed by atoms with van der Waals surface area (Å²) in [6.07, 6.45) is 18.5. The number of hydrogen-bond donors (Lipinski definition) is 2. The summed E-state index contributed by atoms with van der Waals surface area (Å²) in [5, 5.41) is 2.54. The summed E-state index contributed by atoms with van der Waals surface area (Å²) in [5.41, 5.74) is 0. The van der Waals surface area contributed by atoms with Gasteiger partial charge in [-0.05, 0) is 19.3 Å². The summed E-state index contributed by atoms with van der Waals surface area (Å²) in [4.78, 5) is 22.9. The molecule has 0 bridgehead atoms. The maximum absolute atomic E-state index is 11.9. The van der Waals surface area contributed by atoms with E-state index < -0.39 is 15.9 Å². The van der Waals surface area contributed by atoms with Crippen LogP contribution in [0.15, 0.2) is 0 Å². The normalized spacial score (nSPS) is 11.4. The molecule has 0 aliphatic heterocycles. The van der Waals surface area contributed by atoms with Gasteiger partial charge in [-0.1, -0.05) is 90.4 Å². The van der Waals surface area contributed by atoms with Crippen LogP contribution >= 0.6 is 0 Å². The highest BCUT2D eigenvalue weighted by Gasteiger charge is 2.14. The topological polar surface area (TPSA) is 92.3 Å². The zero-order valence-corrected chi connectivity index (χ0v) is 20.3. The van der Waals surface area contributed by atoms with Gasteiger partial charge in [0.05, 0.1) is 5.75 Å². The number of nitrogens with one attached hydrogen (secondary N) is 2. The molecule has 0 aliphatic rings.